The van der Waals surface area contributed by atoms with Crippen LogP contribution in [-0.2, 0) is 30.3 Å². The van der Waals surface area contributed by atoms with E-state index in [1.807, 2.05) is 60.7 Å². The predicted octanol–water partition coefficient (Wildman–Crippen LogP) is 6.13. The molecule has 206 valence electrons. The van der Waals surface area contributed by atoms with Crippen LogP contribution in [0.15, 0.2) is 104 Å². The van der Waals surface area contributed by atoms with Gasteiger partial charge in [0.1, 0.15) is 11.5 Å². The summed E-state index contributed by atoms with van der Waals surface area (Å²) in [4.78, 5) is 34.3. The first kappa shape index (κ1) is 29.6. The summed E-state index contributed by atoms with van der Waals surface area (Å²) in [6.45, 7) is 7.86. The smallest absolute Gasteiger partial charge is 0.336 e. The third kappa shape index (κ3) is 10.5. The summed E-state index contributed by atoms with van der Waals surface area (Å²) in [5, 5.41) is 0. The van der Waals surface area contributed by atoms with Gasteiger partial charge in [0.25, 0.3) is 0 Å². The molecule has 0 aromatic heterocycles. The van der Waals surface area contributed by atoms with Crippen LogP contribution in [-0.4, -0.2) is 37.7 Å². The Morgan fingerprint density at radius 2 is 1.18 bits per heavy atom. The van der Waals surface area contributed by atoms with Gasteiger partial charge in [-0.1, -0.05) is 61.7 Å². The van der Waals surface area contributed by atoms with Crippen molar-refractivity contribution in [1.82, 2.24) is 0 Å². The number of rotatable bonds is 15. The van der Waals surface area contributed by atoms with Gasteiger partial charge in [-0.05, 0) is 65.4 Å². The minimum absolute atomic E-state index is 0.254. The molecule has 3 aromatic rings. The maximum absolute atomic E-state index is 12.2. The average Bonchev–Trinajstić information content (AvgIpc) is 2.99. The minimum Gasteiger partial charge on any atom is -0.494 e. The molecule has 7 heteroatoms. The Morgan fingerprint density at radius 3 is 1.80 bits per heavy atom. The first-order valence-electron chi connectivity index (χ1n) is 12.9. The van der Waals surface area contributed by atoms with Crippen LogP contribution < -0.4 is 9.47 Å². The third-order valence-electron chi connectivity index (χ3n) is 5.67. The predicted molar refractivity (Wildman–Crippen MR) is 154 cm³/mol. The van der Waals surface area contributed by atoms with E-state index in [0.717, 1.165) is 53.0 Å². The van der Waals surface area contributed by atoms with Crippen LogP contribution in [0.2, 0.25) is 0 Å². The van der Waals surface area contributed by atoms with Crippen LogP contribution in [0.25, 0.3) is 17.2 Å². The van der Waals surface area contributed by atoms with E-state index in [2.05, 4.69) is 13.2 Å². The molecule has 0 fully saturated rings. The van der Waals surface area contributed by atoms with Crippen molar-refractivity contribution >= 4 is 24.0 Å². The zero-order valence-electron chi connectivity index (χ0n) is 22.3. The van der Waals surface area contributed by atoms with Gasteiger partial charge in [-0.15, -0.1) is 0 Å². The number of unbranched alkanes of at least 4 members (excludes halogenated alkanes) is 1. The molecule has 0 amide bonds. The lowest BCUT2D eigenvalue weighted by molar-refractivity contribution is -0.138. The topological polar surface area (TPSA) is 88.1 Å². The molecule has 7 nitrogen and oxygen atoms in total. The van der Waals surface area contributed by atoms with Crippen molar-refractivity contribution in [2.75, 3.05) is 19.8 Å². The fourth-order valence-electron chi connectivity index (χ4n) is 3.52. The lowest BCUT2D eigenvalue weighted by Crippen LogP contribution is -2.05. The molecule has 0 aliphatic heterocycles. The van der Waals surface area contributed by atoms with E-state index in [1.54, 1.807) is 18.2 Å². The van der Waals surface area contributed by atoms with Gasteiger partial charge in [-0.3, -0.25) is 0 Å². The van der Waals surface area contributed by atoms with Crippen LogP contribution in [0.4, 0.5) is 0 Å². The Hall–Kier alpha value is -4.91. The van der Waals surface area contributed by atoms with E-state index < -0.39 is 17.9 Å². The molecule has 0 radical (unpaired) electrons. The normalized spacial score (nSPS) is 10.5. The zero-order valence-corrected chi connectivity index (χ0v) is 22.3. The van der Waals surface area contributed by atoms with Gasteiger partial charge < -0.3 is 18.9 Å². The molecule has 0 heterocycles. The Labute approximate surface area is 234 Å². The van der Waals surface area contributed by atoms with Gasteiger partial charge in [0, 0.05) is 24.6 Å². The van der Waals surface area contributed by atoms with E-state index in [4.69, 9.17) is 18.9 Å². The van der Waals surface area contributed by atoms with E-state index in [0.29, 0.717) is 25.4 Å². The molecule has 0 aliphatic carbocycles. The van der Waals surface area contributed by atoms with Crippen LogP contribution in [0.5, 0.6) is 11.5 Å². The monoisotopic (exact) mass is 540 g/mol. The van der Waals surface area contributed by atoms with Crippen molar-refractivity contribution in [2.24, 2.45) is 0 Å². The Balaban J connectivity index is 1.41. The zero-order chi connectivity index (χ0) is 28.6. The van der Waals surface area contributed by atoms with E-state index in [-0.39, 0.29) is 6.61 Å². The van der Waals surface area contributed by atoms with Gasteiger partial charge in [-0.25, -0.2) is 14.4 Å². The van der Waals surface area contributed by atoms with Gasteiger partial charge in [0.2, 0.25) is 0 Å². The number of benzene rings is 3. The fraction of sp³-hybridized carbons (Fsp3) is 0.182. The standard InChI is InChI=1S/C33H32O7/c1-3-31(34)38-23-6-5-22-37-29-18-14-28(15-19-29)27-12-7-25(8-13-27)11-20-33(36)40-30-16-9-26(10-17-30)21-24-39-32(35)4-2/h3-4,7-20H,1-2,5-6,21-24H2. The molecule has 0 bridgehead atoms. The van der Waals surface area contributed by atoms with Gasteiger partial charge in [0.15, 0.2) is 0 Å². The number of ether oxygens (including phenoxy) is 4. The molecule has 0 saturated carbocycles. The third-order valence-corrected chi connectivity index (χ3v) is 5.67. The minimum atomic E-state index is -0.481. The van der Waals surface area contributed by atoms with Crippen LogP contribution in [0.3, 0.4) is 0 Å². The summed E-state index contributed by atoms with van der Waals surface area (Å²) in [7, 11) is 0. The summed E-state index contributed by atoms with van der Waals surface area (Å²) in [6.07, 6.45) is 7.41. The van der Waals surface area contributed by atoms with Crippen molar-refractivity contribution in [1.29, 1.82) is 0 Å². The number of hydrogen-bond acceptors (Lipinski definition) is 7. The number of carbonyl (C=O) groups excluding carboxylic acids is 3. The molecular weight excluding hydrogens is 508 g/mol. The second-order valence-corrected chi connectivity index (χ2v) is 8.59. The first-order chi connectivity index (χ1) is 19.5. The highest BCUT2D eigenvalue weighted by atomic mass is 16.5. The Kier molecular flexibility index (Phi) is 12.0. The maximum Gasteiger partial charge on any atom is 0.336 e. The van der Waals surface area contributed by atoms with Crippen LogP contribution in [0, 0.1) is 0 Å². The van der Waals surface area contributed by atoms with Gasteiger partial charge in [0.05, 0.1) is 19.8 Å². The Bertz CT molecular complexity index is 1300. The van der Waals surface area contributed by atoms with Crippen LogP contribution in [0.1, 0.15) is 24.0 Å². The summed E-state index contributed by atoms with van der Waals surface area (Å²) >= 11 is 0. The van der Waals surface area contributed by atoms with Crippen LogP contribution >= 0.6 is 0 Å². The summed E-state index contributed by atoms with van der Waals surface area (Å²) in [5.41, 5.74) is 3.90. The Morgan fingerprint density at radius 1 is 0.625 bits per heavy atom. The van der Waals surface area contributed by atoms with Gasteiger partial charge in [-0.2, -0.15) is 0 Å². The number of esters is 3. The summed E-state index contributed by atoms with van der Waals surface area (Å²) in [6, 6.07) is 22.7. The molecule has 0 unspecified atom stereocenters. The van der Waals surface area contributed by atoms with Crippen molar-refractivity contribution in [2.45, 2.75) is 19.3 Å². The first-order valence-corrected chi connectivity index (χ1v) is 12.9. The molecule has 0 saturated heterocycles. The highest BCUT2D eigenvalue weighted by Crippen LogP contribution is 2.23. The molecule has 0 spiro atoms. The van der Waals surface area contributed by atoms with Crippen molar-refractivity contribution in [3.8, 4) is 22.6 Å². The summed E-state index contributed by atoms with van der Waals surface area (Å²) in [5.74, 6) is -0.149. The largest absolute Gasteiger partial charge is 0.494 e. The van der Waals surface area contributed by atoms with E-state index in [1.165, 1.54) is 6.08 Å². The average molecular weight is 541 g/mol. The second kappa shape index (κ2) is 16.1. The van der Waals surface area contributed by atoms with Crippen molar-refractivity contribution < 1.29 is 33.3 Å². The summed E-state index contributed by atoms with van der Waals surface area (Å²) < 4.78 is 21.0. The fourth-order valence-corrected chi connectivity index (χ4v) is 3.52. The van der Waals surface area contributed by atoms with Crippen molar-refractivity contribution in [3.05, 3.63) is 115 Å². The number of hydrogen-bond donors (Lipinski definition) is 0. The molecule has 0 N–H and O–H groups in total. The lowest BCUT2D eigenvalue weighted by atomic mass is 10.0. The highest BCUT2D eigenvalue weighted by molar-refractivity contribution is 5.88. The SMILES string of the molecule is C=CC(=O)OCCCCOc1ccc(-c2ccc(C=CC(=O)Oc3ccc(CCOC(=O)C=C)cc3)cc2)cc1. The van der Waals surface area contributed by atoms with E-state index in [9.17, 15) is 14.4 Å². The number of carbonyl (C=O) groups is 3. The molecule has 3 aromatic carbocycles. The van der Waals surface area contributed by atoms with E-state index >= 15 is 0 Å². The molecule has 40 heavy (non-hydrogen) atoms. The van der Waals surface area contributed by atoms with Crippen molar-refractivity contribution in [3.63, 3.8) is 0 Å². The molecule has 0 aliphatic rings. The maximum atomic E-state index is 12.2. The molecule has 3 rings (SSSR count). The molecular formula is C33H32O7. The van der Waals surface area contributed by atoms with Gasteiger partial charge >= 0.3 is 17.9 Å². The molecule has 0 atom stereocenters. The lowest BCUT2D eigenvalue weighted by Gasteiger charge is -2.08. The quantitative estimate of drug-likeness (QED) is 0.0991. The second-order valence-electron chi connectivity index (χ2n) is 8.59. The highest BCUT2D eigenvalue weighted by Gasteiger charge is 2.04.